The van der Waals surface area contributed by atoms with E-state index < -0.39 is 12.1 Å². The summed E-state index contributed by atoms with van der Waals surface area (Å²) >= 11 is 0. The molecule has 0 radical (unpaired) electrons. The van der Waals surface area contributed by atoms with E-state index >= 15 is 0 Å². The van der Waals surface area contributed by atoms with E-state index in [9.17, 15) is 14.7 Å². The SMILES string of the molecule is CCOC(Cc1ccc(OCCN(CCC(C)(C)C)C(=O)Nc2ccc(OC)cc2)cc1)C(=O)O. The van der Waals surface area contributed by atoms with Gasteiger partial charge in [-0.3, -0.25) is 0 Å². The minimum atomic E-state index is -0.976. The maximum absolute atomic E-state index is 13.0. The molecule has 0 aliphatic rings. The van der Waals surface area contributed by atoms with Crippen LogP contribution in [0.5, 0.6) is 11.5 Å². The number of nitrogens with one attached hydrogen (secondary N) is 1. The molecule has 0 aliphatic heterocycles. The number of carboxylic acids is 1. The van der Waals surface area contributed by atoms with Crippen LogP contribution in [-0.4, -0.2) is 61.5 Å². The number of aliphatic carboxylic acids is 1. The summed E-state index contributed by atoms with van der Waals surface area (Å²) in [5.74, 6) is 0.405. The zero-order valence-corrected chi connectivity index (χ0v) is 21.4. The average Bonchev–Trinajstić information content (AvgIpc) is 2.81. The number of ether oxygens (including phenoxy) is 3. The summed E-state index contributed by atoms with van der Waals surface area (Å²) in [6.07, 6.45) is 0.269. The molecule has 0 aliphatic carbocycles. The Bertz CT molecular complexity index is 922. The average molecular weight is 487 g/mol. The number of urea groups is 1. The Labute approximate surface area is 208 Å². The fourth-order valence-corrected chi connectivity index (χ4v) is 3.29. The van der Waals surface area contributed by atoms with Gasteiger partial charge in [0.1, 0.15) is 18.1 Å². The molecule has 1 atom stereocenters. The van der Waals surface area contributed by atoms with Crippen LogP contribution in [0.4, 0.5) is 10.5 Å². The maximum atomic E-state index is 13.0. The minimum Gasteiger partial charge on any atom is -0.497 e. The number of carboxylic acid groups (broad SMARTS) is 1. The number of methoxy groups -OCH3 is 1. The van der Waals surface area contributed by atoms with Crippen LogP contribution in [0.3, 0.4) is 0 Å². The van der Waals surface area contributed by atoms with Crippen LogP contribution in [0, 0.1) is 5.41 Å². The van der Waals surface area contributed by atoms with Crippen LogP contribution in [-0.2, 0) is 16.0 Å². The molecule has 35 heavy (non-hydrogen) atoms. The fraction of sp³-hybridized carbons (Fsp3) is 0.481. The summed E-state index contributed by atoms with van der Waals surface area (Å²) in [4.78, 5) is 26.0. The first-order valence-corrected chi connectivity index (χ1v) is 11.9. The van der Waals surface area contributed by atoms with E-state index in [2.05, 4.69) is 26.1 Å². The van der Waals surface area contributed by atoms with E-state index in [1.165, 1.54) is 0 Å². The van der Waals surface area contributed by atoms with Crippen molar-refractivity contribution in [1.29, 1.82) is 0 Å². The predicted octanol–water partition coefficient (Wildman–Crippen LogP) is 5.08. The highest BCUT2D eigenvalue weighted by atomic mass is 16.5. The monoisotopic (exact) mass is 486 g/mol. The number of carbonyl (C=O) groups is 2. The van der Waals surface area contributed by atoms with E-state index in [1.54, 1.807) is 55.3 Å². The molecule has 8 heteroatoms. The number of anilines is 1. The zero-order chi connectivity index (χ0) is 25.8. The Morgan fingerprint density at radius 3 is 2.17 bits per heavy atom. The Balaban J connectivity index is 1.94. The highest BCUT2D eigenvalue weighted by Gasteiger charge is 2.19. The van der Waals surface area contributed by atoms with Crippen molar-refractivity contribution in [2.45, 2.75) is 46.6 Å². The van der Waals surface area contributed by atoms with Gasteiger partial charge in [0, 0.05) is 25.3 Å². The van der Waals surface area contributed by atoms with Crippen molar-refractivity contribution in [3.8, 4) is 11.5 Å². The Morgan fingerprint density at radius 2 is 1.63 bits per heavy atom. The Morgan fingerprint density at radius 1 is 1.00 bits per heavy atom. The molecule has 8 nitrogen and oxygen atoms in total. The maximum Gasteiger partial charge on any atom is 0.333 e. The van der Waals surface area contributed by atoms with Crippen molar-refractivity contribution in [1.82, 2.24) is 4.90 Å². The third-order valence-electron chi connectivity index (χ3n) is 5.38. The van der Waals surface area contributed by atoms with Crippen LogP contribution in [0.2, 0.25) is 0 Å². The minimum absolute atomic E-state index is 0.0879. The van der Waals surface area contributed by atoms with Crippen molar-refractivity contribution < 1.29 is 28.9 Å². The molecule has 2 N–H and O–H groups in total. The van der Waals surface area contributed by atoms with Crippen LogP contribution >= 0.6 is 0 Å². The van der Waals surface area contributed by atoms with Crippen LogP contribution in [0.25, 0.3) is 0 Å². The quantitative estimate of drug-likeness (QED) is 0.410. The highest BCUT2D eigenvalue weighted by Crippen LogP contribution is 2.20. The molecule has 2 rings (SSSR count). The standard InChI is InChI=1S/C27H38N2O6/c1-6-34-24(25(30)31)19-20-7-11-23(12-8-20)35-18-17-29(16-15-27(2,3)4)26(32)28-21-9-13-22(33-5)14-10-21/h7-14,24H,6,15-19H2,1-5H3,(H,28,32)(H,30,31). The molecule has 0 aromatic heterocycles. The molecule has 0 heterocycles. The first-order chi connectivity index (χ1) is 16.6. The van der Waals surface area contributed by atoms with E-state index in [4.69, 9.17) is 14.2 Å². The summed E-state index contributed by atoms with van der Waals surface area (Å²) in [5.41, 5.74) is 1.63. The van der Waals surface area contributed by atoms with Crippen molar-refractivity contribution in [3.05, 3.63) is 54.1 Å². The number of hydrogen-bond donors (Lipinski definition) is 2. The molecule has 2 aromatic carbocycles. The molecule has 0 saturated heterocycles. The fourth-order valence-electron chi connectivity index (χ4n) is 3.29. The van der Waals surface area contributed by atoms with Gasteiger partial charge in [-0.25, -0.2) is 9.59 Å². The lowest BCUT2D eigenvalue weighted by Crippen LogP contribution is -2.39. The van der Waals surface area contributed by atoms with Crippen molar-refractivity contribution in [3.63, 3.8) is 0 Å². The third kappa shape index (κ3) is 10.3. The lowest BCUT2D eigenvalue weighted by molar-refractivity contribution is -0.149. The predicted molar refractivity (Wildman–Crippen MR) is 136 cm³/mol. The number of nitrogens with zero attached hydrogens (tertiary/aromatic N) is 1. The van der Waals surface area contributed by atoms with E-state index in [-0.39, 0.29) is 17.9 Å². The topological polar surface area (TPSA) is 97.3 Å². The number of amides is 2. The van der Waals surface area contributed by atoms with Gasteiger partial charge in [0.2, 0.25) is 0 Å². The Kier molecular flexibility index (Phi) is 10.9. The van der Waals surface area contributed by atoms with Gasteiger partial charge in [-0.1, -0.05) is 32.9 Å². The van der Waals surface area contributed by atoms with Gasteiger partial charge in [0.15, 0.2) is 6.10 Å². The molecule has 2 amide bonds. The molecule has 0 bridgehead atoms. The van der Waals surface area contributed by atoms with E-state index in [0.717, 1.165) is 17.7 Å². The third-order valence-corrected chi connectivity index (χ3v) is 5.38. The molecular weight excluding hydrogens is 448 g/mol. The number of benzene rings is 2. The van der Waals surface area contributed by atoms with Crippen LogP contribution < -0.4 is 14.8 Å². The molecule has 0 fully saturated rings. The lowest BCUT2D eigenvalue weighted by atomic mass is 9.92. The second kappa shape index (κ2) is 13.6. The molecule has 192 valence electrons. The number of carbonyl (C=O) groups excluding carboxylic acids is 1. The van der Waals surface area contributed by atoms with Crippen LogP contribution in [0.1, 0.15) is 39.7 Å². The van der Waals surface area contributed by atoms with Gasteiger partial charge in [-0.15, -0.1) is 0 Å². The van der Waals surface area contributed by atoms with Gasteiger partial charge in [0.25, 0.3) is 0 Å². The summed E-state index contributed by atoms with van der Waals surface area (Å²) in [5, 5.41) is 12.2. The molecular formula is C27H38N2O6. The van der Waals surface area contributed by atoms with E-state index in [1.807, 2.05) is 12.1 Å². The zero-order valence-electron chi connectivity index (χ0n) is 21.4. The lowest BCUT2D eigenvalue weighted by Gasteiger charge is -2.27. The number of hydrogen-bond acceptors (Lipinski definition) is 5. The molecule has 1 unspecified atom stereocenters. The Hall–Kier alpha value is -3.26. The second-order valence-corrected chi connectivity index (χ2v) is 9.44. The van der Waals surface area contributed by atoms with Gasteiger partial charge in [0.05, 0.1) is 13.7 Å². The first-order valence-electron chi connectivity index (χ1n) is 11.9. The molecule has 0 spiro atoms. The van der Waals surface area contributed by atoms with Gasteiger partial charge < -0.3 is 29.5 Å². The van der Waals surface area contributed by atoms with Gasteiger partial charge >= 0.3 is 12.0 Å². The first kappa shape index (κ1) is 28.0. The highest BCUT2D eigenvalue weighted by molar-refractivity contribution is 5.89. The molecule has 2 aromatic rings. The van der Waals surface area contributed by atoms with E-state index in [0.29, 0.717) is 37.7 Å². The van der Waals surface area contributed by atoms with Gasteiger partial charge in [-0.05, 0) is 60.7 Å². The second-order valence-electron chi connectivity index (χ2n) is 9.44. The van der Waals surface area contributed by atoms with Gasteiger partial charge in [-0.2, -0.15) is 0 Å². The summed E-state index contributed by atoms with van der Waals surface area (Å²) in [6.45, 7) is 9.90. The summed E-state index contributed by atoms with van der Waals surface area (Å²) in [6, 6.07) is 14.3. The van der Waals surface area contributed by atoms with Crippen LogP contribution in [0.15, 0.2) is 48.5 Å². The summed E-state index contributed by atoms with van der Waals surface area (Å²) in [7, 11) is 1.60. The van der Waals surface area contributed by atoms with Crippen molar-refractivity contribution in [2.75, 3.05) is 38.7 Å². The van der Waals surface area contributed by atoms with Crippen molar-refractivity contribution in [2.24, 2.45) is 5.41 Å². The molecule has 0 saturated carbocycles. The smallest absolute Gasteiger partial charge is 0.333 e. The summed E-state index contributed by atoms with van der Waals surface area (Å²) < 4.78 is 16.3. The van der Waals surface area contributed by atoms with Crippen molar-refractivity contribution >= 4 is 17.7 Å². The largest absolute Gasteiger partial charge is 0.497 e. The number of rotatable bonds is 13. The normalized spacial score (nSPS) is 12.0.